The number of carbonyl (C=O) groups is 1. The average molecular weight is 380 g/mol. The molecule has 0 aromatic carbocycles. The van der Waals surface area contributed by atoms with Gasteiger partial charge in [-0.25, -0.2) is 4.79 Å². The van der Waals surface area contributed by atoms with E-state index in [1.165, 1.54) is 13.8 Å². The maximum Gasteiger partial charge on any atom is 0.419 e. The second-order valence-electron chi connectivity index (χ2n) is 8.40. The zero-order valence-electron chi connectivity index (χ0n) is 16.5. The maximum absolute atomic E-state index is 13.3. The molecule has 1 rings (SSSR count). The maximum atomic E-state index is 13.3. The molecular weight excluding hydrogens is 349 g/mol. The molecule has 0 heterocycles. The van der Waals surface area contributed by atoms with Crippen LogP contribution in [0.4, 0.5) is 13.2 Å². The molecule has 3 atom stereocenters. The predicted octanol–water partition coefficient (Wildman–Crippen LogP) is 4.55. The Kier molecular flexibility index (Phi) is 6.63. The third kappa shape index (κ3) is 4.80. The summed E-state index contributed by atoms with van der Waals surface area (Å²) >= 11 is 0. The highest BCUT2D eigenvalue weighted by Crippen LogP contribution is 2.45. The van der Waals surface area contributed by atoms with Crippen molar-refractivity contribution < 1.29 is 32.5 Å². The summed E-state index contributed by atoms with van der Waals surface area (Å²) in [7, 11) is 0. The van der Waals surface area contributed by atoms with Gasteiger partial charge in [0.2, 0.25) is 0 Å². The molecule has 152 valence electrons. The van der Waals surface area contributed by atoms with E-state index in [1.54, 1.807) is 20.8 Å². The second-order valence-corrected chi connectivity index (χ2v) is 8.40. The quantitative estimate of drug-likeness (QED) is 0.542. The molecule has 4 nitrogen and oxygen atoms in total. The van der Waals surface area contributed by atoms with E-state index in [0.29, 0.717) is 19.8 Å². The van der Waals surface area contributed by atoms with Gasteiger partial charge in [0, 0.05) is 11.5 Å². The molecule has 1 fully saturated rings. The number of hydrogen-bond donors (Lipinski definition) is 1. The van der Waals surface area contributed by atoms with Crippen molar-refractivity contribution in [2.45, 2.75) is 96.3 Å². The first-order valence-electron chi connectivity index (χ1n) is 8.88. The van der Waals surface area contributed by atoms with Crippen LogP contribution in [0.1, 0.15) is 67.2 Å². The molecule has 3 unspecified atom stereocenters. The summed E-state index contributed by atoms with van der Waals surface area (Å²) in [4.78, 5) is 11.9. The predicted molar refractivity (Wildman–Crippen MR) is 92.6 cm³/mol. The average Bonchev–Trinajstić information content (AvgIpc) is 2.45. The monoisotopic (exact) mass is 380 g/mol. The van der Waals surface area contributed by atoms with Crippen molar-refractivity contribution in [2.75, 3.05) is 0 Å². The highest BCUT2D eigenvalue weighted by Gasteiger charge is 2.61. The summed E-state index contributed by atoms with van der Waals surface area (Å²) < 4.78 is 51.2. The minimum Gasteiger partial charge on any atom is -0.459 e. The van der Waals surface area contributed by atoms with Crippen molar-refractivity contribution in [3.8, 4) is 0 Å². The molecule has 7 heteroatoms. The van der Waals surface area contributed by atoms with Crippen LogP contribution in [-0.4, -0.2) is 40.2 Å². The largest absolute Gasteiger partial charge is 0.459 e. The Labute approximate surface area is 153 Å². The molecule has 26 heavy (non-hydrogen) atoms. The zero-order chi connectivity index (χ0) is 20.6. The summed E-state index contributed by atoms with van der Waals surface area (Å²) in [5.41, 5.74) is -5.70. The van der Waals surface area contributed by atoms with Crippen LogP contribution in [0, 0.1) is 5.92 Å². The van der Waals surface area contributed by atoms with Gasteiger partial charge in [0.15, 0.2) is 5.60 Å². The van der Waals surface area contributed by atoms with E-state index in [-0.39, 0.29) is 11.5 Å². The third-order valence-corrected chi connectivity index (χ3v) is 5.44. The fraction of sp³-hybridized carbons (Fsp3) is 0.842. The van der Waals surface area contributed by atoms with Gasteiger partial charge in [-0.15, -0.1) is 0 Å². The van der Waals surface area contributed by atoms with E-state index < -0.39 is 35.1 Å². The van der Waals surface area contributed by atoms with Gasteiger partial charge in [-0.2, -0.15) is 13.2 Å². The van der Waals surface area contributed by atoms with E-state index in [9.17, 15) is 23.1 Å². The first-order chi connectivity index (χ1) is 11.5. The fourth-order valence-electron chi connectivity index (χ4n) is 3.45. The highest BCUT2D eigenvalue weighted by molar-refractivity contribution is 5.87. The van der Waals surface area contributed by atoms with Crippen LogP contribution in [0.3, 0.4) is 0 Å². The number of ether oxygens (including phenoxy) is 2. The normalized spacial score (nSPS) is 24.7. The standard InChI is InChI=1S/C19H31F3O4/c1-12(2)15(23)25-14-11-9-8-10-13(14)16(3,4)26-17(5,6)18(7,24)19(20,21)22/h13-14,24H,1,8-11H2,2-7H3. The SMILES string of the molecule is C=C(C)C(=O)OC1CCCCC1C(C)(C)OC(C)(C)C(C)(O)C(F)(F)F. The molecule has 0 aromatic heterocycles. The van der Waals surface area contributed by atoms with Gasteiger partial charge in [0.05, 0.1) is 5.60 Å². The Bertz CT molecular complexity index is 535. The molecule has 0 aromatic rings. The van der Waals surface area contributed by atoms with E-state index >= 15 is 0 Å². The lowest BCUT2D eigenvalue weighted by molar-refractivity contribution is -0.332. The lowest BCUT2D eigenvalue weighted by atomic mass is 9.75. The summed E-state index contributed by atoms with van der Waals surface area (Å²) in [6.45, 7) is 11.6. The smallest absolute Gasteiger partial charge is 0.419 e. The Hall–Kier alpha value is -1.08. The molecule has 1 aliphatic carbocycles. The lowest BCUT2D eigenvalue weighted by Crippen LogP contribution is -2.62. The Morgan fingerprint density at radius 3 is 2.04 bits per heavy atom. The number of carbonyl (C=O) groups excluding carboxylic acids is 1. The first-order valence-corrected chi connectivity index (χ1v) is 8.88. The van der Waals surface area contributed by atoms with Crippen LogP contribution in [0.15, 0.2) is 12.2 Å². The van der Waals surface area contributed by atoms with Crippen LogP contribution < -0.4 is 0 Å². The number of hydrogen-bond acceptors (Lipinski definition) is 4. The van der Waals surface area contributed by atoms with Gasteiger partial charge in [-0.05, 0) is 60.8 Å². The van der Waals surface area contributed by atoms with E-state index in [0.717, 1.165) is 12.8 Å². The Morgan fingerprint density at radius 2 is 1.58 bits per heavy atom. The molecule has 0 aliphatic heterocycles. The molecule has 0 bridgehead atoms. The van der Waals surface area contributed by atoms with Crippen LogP contribution in [0.5, 0.6) is 0 Å². The minimum absolute atomic E-state index is 0.272. The topological polar surface area (TPSA) is 55.8 Å². The van der Waals surface area contributed by atoms with Crippen molar-refractivity contribution in [3.63, 3.8) is 0 Å². The summed E-state index contributed by atoms with van der Waals surface area (Å²) in [6.07, 6.45) is -2.29. The Morgan fingerprint density at radius 1 is 1.08 bits per heavy atom. The van der Waals surface area contributed by atoms with Gasteiger partial charge < -0.3 is 14.6 Å². The van der Waals surface area contributed by atoms with E-state index in [1.807, 2.05) is 0 Å². The molecule has 0 amide bonds. The fourth-order valence-corrected chi connectivity index (χ4v) is 3.45. The van der Waals surface area contributed by atoms with Crippen molar-refractivity contribution in [1.82, 2.24) is 0 Å². The summed E-state index contributed by atoms with van der Waals surface area (Å²) in [5.74, 6) is -0.804. The number of halogens is 3. The van der Waals surface area contributed by atoms with Crippen LogP contribution in [0.2, 0.25) is 0 Å². The van der Waals surface area contributed by atoms with Crippen molar-refractivity contribution in [1.29, 1.82) is 0 Å². The van der Waals surface area contributed by atoms with Crippen molar-refractivity contribution in [2.24, 2.45) is 5.92 Å². The third-order valence-electron chi connectivity index (χ3n) is 5.44. The minimum atomic E-state index is -4.84. The molecular formula is C19H31F3O4. The highest BCUT2D eigenvalue weighted by atomic mass is 19.4. The second kappa shape index (κ2) is 7.50. The van der Waals surface area contributed by atoms with E-state index in [2.05, 4.69) is 6.58 Å². The number of esters is 1. The molecule has 1 saturated carbocycles. The molecule has 0 radical (unpaired) electrons. The molecule has 0 spiro atoms. The van der Waals surface area contributed by atoms with Crippen molar-refractivity contribution in [3.05, 3.63) is 12.2 Å². The van der Waals surface area contributed by atoms with Gasteiger partial charge >= 0.3 is 12.1 Å². The lowest BCUT2D eigenvalue weighted by Gasteiger charge is -2.49. The van der Waals surface area contributed by atoms with Crippen LogP contribution >= 0.6 is 0 Å². The van der Waals surface area contributed by atoms with E-state index in [4.69, 9.17) is 9.47 Å². The van der Waals surface area contributed by atoms with Gasteiger partial charge in [0.1, 0.15) is 11.7 Å². The zero-order valence-corrected chi connectivity index (χ0v) is 16.5. The van der Waals surface area contributed by atoms with Gasteiger partial charge in [0.25, 0.3) is 0 Å². The molecule has 1 N–H and O–H groups in total. The summed E-state index contributed by atoms with van der Waals surface area (Å²) in [5, 5.41) is 10.1. The van der Waals surface area contributed by atoms with Gasteiger partial charge in [-0.3, -0.25) is 0 Å². The molecule has 1 aliphatic rings. The number of rotatable bonds is 6. The molecule has 0 saturated heterocycles. The number of alkyl halides is 3. The van der Waals surface area contributed by atoms with Crippen molar-refractivity contribution >= 4 is 5.97 Å². The summed E-state index contributed by atoms with van der Waals surface area (Å²) in [6, 6.07) is 0. The van der Waals surface area contributed by atoms with Gasteiger partial charge in [-0.1, -0.05) is 13.0 Å². The van der Waals surface area contributed by atoms with Crippen LogP contribution in [-0.2, 0) is 14.3 Å². The van der Waals surface area contributed by atoms with Crippen LogP contribution in [0.25, 0.3) is 0 Å². The first kappa shape index (κ1) is 23.0. The Balaban J connectivity index is 3.05. The number of aliphatic hydroxyl groups is 1.